The Hall–Kier alpha value is -1.37. The quantitative estimate of drug-likeness (QED) is 0.743. The van der Waals surface area contributed by atoms with Gasteiger partial charge >= 0.3 is 0 Å². The van der Waals surface area contributed by atoms with Crippen molar-refractivity contribution < 1.29 is 24.2 Å². The third-order valence-electron chi connectivity index (χ3n) is 3.78. The third-order valence-corrected chi connectivity index (χ3v) is 3.78. The highest BCUT2D eigenvalue weighted by Crippen LogP contribution is 2.27. The van der Waals surface area contributed by atoms with Crippen LogP contribution in [-0.2, 0) is 4.74 Å². The Morgan fingerprint density at radius 3 is 2.70 bits per heavy atom. The molecule has 0 saturated heterocycles. The number of carbonyl (C=O) groups is 1. The number of furan rings is 1. The lowest BCUT2D eigenvalue weighted by Gasteiger charge is -2.17. The van der Waals surface area contributed by atoms with Crippen LogP contribution >= 0.6 is 0 Å². The molecule has 20 heavy (non-hydrogen) atoms. The summed E-state index contributed by atoms with van der Waals surface area (Å²) in [6.45, 7) is 3.84. The molecular weight excluding hydrogens is 262 g/mol. The van der Waals surface area contributed by atoms with Gasteiger partial charge in [-0.25, -0.2) is 0 Å². The first-order valence-electron chi connectivity index (χ1n) is 6.67. The van der Waals surface area contributed by atoms with Crippen molar-refractivity contribution in [2.45, 2.75) is 38.5 Å². The number of nitrogens with one attached hydrogen (secondary N) is 1. The van der Waals surface area contributed by atoms with E-state index in [1.54, 1.807) is 27.0 Å². The Balaban J connectivity index is 2.03. The molecular formula is C14H21NO5. The number of carbonyl (C=O) groups excluding carboxylic acids is 1. The molecule has 0 bridgehead atoms. The van der Waals surface area contributed by atoms with Crippen LogP contribution in [0.5, 0.6) is 0 Å². The number of ether oxygens (including phenoxy) is 1. The van der Waals surface area contributed by atoms with Gasteiger partial charge in [-0.2, -0.15) is 0 Å². The summed E-state index contributed by atoms with van der Waals surface area (Å²) >= 11 is 0. The topological polar surface area (TPSA) is 91.9 Å². The average molecular weight is 283 g/mol. The van der Waals surface area contributed by atoms with E-state index in [9.17, 15) is 15.0 Å². The molecule has 1 aliphatic carbocycles. The molecule has 1 amide bonds. The summed E-state index contributed by atoms with van der Waals surface area (Å²) in [6, 6.07) is 1.18. The van der Waals surface area contributed by atoms with Crippen LogP contribution in [0.4, 0.5) is 0 Å². The molecule has 0 aromatic carbocycles. The molecule has 3 N–H and O–H groups in total. The van der Waals surface area contributed by atoms with Crippen LogP contribution in [0.2, 0.25) is 0 Å². The Labute approximate surface area is 117 Å². The van der Waals surface area contributed by atoms with Gasteiger partial charge < -0.3 is 24.7 Å². The maximum atomic E-state index is 12.2. The zero-order chi connectivity index (χ0) is 14.9. The monoisotopic (exact) mass is 283 g/mol. The highest BCUT2D eigenvalue weighted by Gasteiger charge is 2.42. The van der Waals surface area contributed by atoms with Gasteiger partial charge in [0.1, 0.15) is 17.6 Å². The molecule has 2 rings (SSSR count). The lowest BCUT2D eigenvalue weighted by Crippen LogP contribution is -2.43. The molecule has 1 aliphatic rings. The van der Waals surface area contributed by atoms with Crippen molar-refractivity contribution in [3.05, 3.63) is 23.2 Å². The molecule has 1 aromatic rings. The summed E-state index contributed by atoms with van der Waals surface area (Å²) in [7, 11) is 1.54. The Morgan fingerprint density at radius 2 is 2.15 bits per heavy atom. The molecule has 1 saturated carbocycles. The molecule has 0 unspecified atom stereocenters. The van der Waals surface area contributed by atoms with Crippen molar-refractivity contribution in [2.75, 3.05) is 13.7 Å². The number of aliphatic hydroxyl groups is 2. The number of hydrogen-bond acceptors (Lipinski definition) is 5. The predicted molar refractivity (Wildman–Crippen MR) is 71.4 cm³/mol. The molecule has 1 fully saturated rings. The fourth-order valence-electron chi connectivity index (χ4n) is 2.75. The van der Waals surface area contributed by atoms with Crippen LogP contribution in [-0.4, -0.2) is 48.1 Å². The van der Waals surface area contributed by atoms with Gasteiger partial charge in [-0.05, 0) is 26.3 Å². The summed E-state index contributed by atoms with van der Waals surface area (Å²) in [6.07, 6.45) is -1.38. The normalized spacial score (nSPS) is 29.6. The van der Waals surface area contributed by atoms with Crippen molar-refractivity contribution in [2.24, 2.45) is 5.92 Å². The van der Waals surface area contributed by atoms with Crippen molar-refractivity contribution >= 4 is 5.91 Å². The van der Waals surface area contributed by atoms with Crippen LogP contribution in [0.15, 0.2) is 10.5 Å². The van der Waals surface area contributed by atoms with Gasteiger partial charge in [-0.1, -0.05) is 0 Å². The molecule has 6 heteroatoms. The average Bonchev–Trinajstić information content (AvgIpc) is 2.85. The van der Waals surface area contributed by atoms with E-state index in [0.717, 1.165) is 0 Å². The minimum absolute atomic E-state index is 0.174. The van der Waals surface area contributed by atoms with Crippen LogP contribution in [0, 0.1) is 19.8 Å². The highest BCUT2D eigenvalue weighted by atomic mass is 16.5. The Morgan fingerprint density at radius 1 is 1.45 bits per heavy atom. The van der Waals surface area contributed by atoms with Gasteiger partial charge in [0.15, 0.2) is 0 Å². The summed E-state index contributed by atoms with van der Waals surface area (Å²) in [5.74, 6) is 0.736. The van der Waals surface area contributed by atoms with E-state index in [4.69, 9.17) is 9.15 Å². The second-order valence-electron chi connectivity index (χ2n) is 5.34. The van der Waals surface area contributed by atoms with Gasteiger partial charge in [-0.3, -0.25) is 4.79 Å². The van der Waals surface area contributed by atoms with Crippen molar-refractivity contribution in [1.82, 2.24) is 5.32 Å². The first-order chi connectivity index (χ1) is 9.43. The summed E-state index contributed by atoms with van der Waals surface area (Å²) in [4.78, 5) is 12.2. The van der Waals surface area contributed by atoms with E-state index in [0.29, 0.717) is 30.1 Å². The van der Waals surface area contributed by atoms with Crippen LogP contribution in [0.25, 0.3) is 0 Å². The first-order valence-corrected chi connectivity index (χ1v) is 6.67. The number of hydrogen-bond donors (Lipinski definition) is 3. The lowest BCUT2D eigenvalue weighted by molar-refractivity contribution is -0.00552. The maximum absolute atomic E-state index is 12.2. The zero-order valence-corrected chi connectivity index (χ0v) is 11.9. The number of amides is 1. The second kappa shape index (κ2) is 5.95. The van der Waals surface area contributed by atoms with E-state index in [2.05, 4.69) is 5.32 Å². The van der Waals surface area contributed by atoms with E-state index in [-0.39, 0.29) is 11.8 Å². The number of aryl methyl sites for hydroxylation is 2. The molecule has 4 atom stereocenters. The van der Waals surface area contributed by atoms with E-state index in [1.807, 2.05) is 0 Å². The van der Waals surface area contributed by atoms with Gasteiger partial charge in [0.2, 0.25) is 0 Å². The smallest absolute Gasteiger partial charge is 0.255 e. The fourth-order valence-corrected chi connectivity index (χ4v) is 2.75. The van der Waals surface area contributed by atoms with Crippen molar-refractivity contribution in [3.63, 3.8) is 0 Å². The predicted octanol–water partition coefficient (Wildman–Crippen LogP) is 0.383. The summed E-state index contributed by atoms with van der Waals surface area (Å²) < 4.78 is 10.3. The largest absolute Gasteiger partial charge is 0.466 e. The summed E-state index contributed by atoms with van der Waals surface area (Å²) in [5, 5.41) is 22.6. The third kappa shape index (κ3) is 2.87. The number of methoxy groups -OCH3 is 1. The molecule has 0 spiro atoms. The minimum atomic E-state index is -0.979. The summed E-state index contributed by atoms with van der Waals surface area (Å²) in [5.41, 5.74) is 0.458. The van der Waals surface area contributed by atoms with Crippen LogP contribution < -0.4 is 5.32 Å². The van der Waals surface area contributed by atoms with Crippen LogP contribution in [0.3, 0.4) is 0 Å². The van der Waals surface area contributed by atoms with Gasteiger partial charge in [-0.15, -0.1) is 0 Å². The SMILES string of the molecule is COC[C@H]1C[C@@H](NC(=O)c2cc(C)oc2C)[C@H](O)[C@@H]1O. The first kappa shape index (κ1) is 15.0. The second-order valence-corrected chi connectivity index (χ2v) is 5.34. The lowest BCUT2D eigenvalue weighted by atomic mass is 10.1. The number of aliphatic hydroxyl groups excluding tert-OH is 2. The molecule has 112 valence electrons. The highest BCUT2D eigenvalue weighted by molar-refractivity contribution is 5.95. The molecule has 6 nitrogen and oxygen atoms in total. The zero-order valence-electron chi connectivity index (χ0n) is 11.9. The fraction of sp³-hybridized carbons (Fsp3) is 0.643. The van der Waals surface area contributed by atoms with E-state index >= 15 is 0 Å². The van der Waals surface area contributed by atoms with Gasteiger partial charge in [0, 0.05) is 13.0 Å². The standard InChI is InChI=1S/C14H21NO5/c1-7-4-10(8(2)20-7)14(18)15-11-5-9(6-19-3)12(16)13(11)17/h4,9,11-13,16-17H,5-6H2,1-3H3,(H,15,18)/t9-,11-,12-,13+/m1/s1. The molecule has 0 radical (unpaired) electrons. The van der Waals surface area contributed by atoms with Gasteiger partial charge in [0.25, 0.3) is 5.91 Å². The maximum Gasteiger partial charge on any atom is 0.255 e. The van der Waals surface area contributed by atoms with Crippen molar-refractivity contribution in [1.29, 1.82) is 0 Å². The van der Waals surface area contributed by atoms with Crippen molar-refractivity contribution in [3.8, 4) is 0 Å². The molecule has 1 aromatic heterocycles. The Bertz CT molecular complexity index is 484. The molecule has 0 aliphatic heterocycles. The van der Waals surface area contributed by atoms with E-state index in [1.165, 1.54) is 0 Å². The van der Waals surface area contributed by atoms with E-state index < -0.39 is 18.2 Å². The minimum Gasteiger partial charge on any atom is -0.466 e. The van der Waals surface area contributed by atoms with Gasteiger partial charge in [0.05, 0.1) is 24.3 Å². The van der Waals surface area contributed by atoms with Crippen LogP contribution in [0.1, 0.15) is 28.3 Å². The number of rotatable bonds is 4. The molecule has 1 heterocycles. The Kier molecular flexibility index (Phi) is 4.47.